The first-order chi connectivity index (χ1) is 11.3. The maximum absolute atomic E-state index is 12.0. The molecule has 1 amide bonds. The molecule has 0 radical (unpaired) electrons. The van der Waals surface area contributed by atoms with Gasteiger partial charge in [0.2, 0.25) is 0 Å². The number of amides is 1. The predicted molar refractivity (Wildman–Crippen MR) is 105 cm³/mol. The molecule has 9 heteroatoms. The van der Waals surface area contributed by atoms with Gasteiger partial charge in [0.15, 0.2) is 0 Å². The highest BCUT2D eigenvalue weighted by Gasteiger charge is 2.17. The number of aromatic hydroxyl groups is 1. The minimum absolute atomic E-state index is 0.00134. The van der Waals surface area contributed by atoms with Gasteiger partial charge in [-0.15, -0.1) is 0 Å². The SMILES string of the molecule is CC(C)(CN)SSCCNC(=O)C(Cc1ccc(O)c(Br)c1)=NO. The standard InChI is InChI=1S/C15H22BrN3O3S2/c1-15(2,9-17)24-23-6-5-18-14(21)12(19-22)8-10-3-4-13(20)11(16)7-10/h3-4,7,20,22H,5-6,8-9,17H2,1-2H3,(H,18,21). The van der Waals surface area contributed by atoms with E-state index in [0.29, 0.717) is 17.6 Å². The van der Waals surface area contributed by atoms with Crippen LogP contribution in [0.15, 0.2) is 27.8 Å². The van der Waals surface area contributed by atoms with Crippen molar-refractivity contribution in [2.24, 2.45) is 10.9 Å². The summed E-state index contributed by atoms with van der Waals surface area (Å²) in [4.78, 5) is 12.0. The van der Waals surface area contributed by atoms with Gasteiger partial charge in [-0.05, 0) is 47.5 Å². The van der Waals surface area contributed by atoms with Gasteiger partial charge in [0.25, 0.3) is 5.91 Å². The van der Waals surface area contributed by atoms with Gasteiger partial charge < -0.3 is 21.4 Å². The number of carbonyl (C=O) groups is 1. The summed E-state index contributed by atoms with van der Waals surface area (Å²) in [5.41, 5.74) is 6.42. The van der Waals surface area contributed by atoms with Crippen LogP contribution >= 0.6 is 37.5 Å². The summed E-state index contributed by atoms with van der Waals surface area (Å²) < 4.78 is 0.521. The van der Waals surface area contributed by atoms with Crippen molar-refractivity contribution < 1.29 is 15.1 Å². The Labute approximate surface area is 158 Å². The van der Waals surface area contributed by atoms with E-state index in [1.54, 1.807) is 33.7 Å². The van der Waals surface area contributed by atoms with E-state index in [9.17, 15) is 9.90 Å². The van der Waals surface area contributed by atoms with Crippen molar-refractivity contribution in [3.05, 3.63) is 28.2 Å². The van der Waals surface area contributed by atoms with E-state index in [2.05, 4.69) is 40.2 Å². The molecule has 1 rings (SSSR count). The number of rotatable bonds is 9. The normalized spacial score (nSPS) is 12.2. The first kappa shape index (κ1) is 21.1. The van der Waals surface area contributed by atoms with Crippen LogP contribution in [0.4, 0.5) is 0 Å². The fourth-order valence-corrected chi connectivity index (χ4v) is 4.30. The van der Waals surface area contributed by atoms with Gasteiger partial charge in [-0.3, -0.25) is 4.79 Å². The van der Waals surface area contributed by atoms with Crippen LogP contribution in [0.2, 0.25) is 0 Å². The average Bonchev–Trinajstić information content (AvgIpc) is 2.55. The van der Waals surface area contributed by atoms with E-state index < -0.39 is 5.91 Å². The van der Waals surface area contributed by atoms with Crippen molar-refractivity contribution in [2.75, 3.05) is 18.8 Å². The molecule has 0 aliphatic rings. The van der Waals surface area contributed by atoms with Crippen LogP contribution in [-0.4, -0.2) is 45.5 Å². The number of phenols is 1. The number of halogens is 1. The zero-order valence-corrected chi connectivity index (χ0v) is 16.8. The lowest BCUT2D eigenvalue weighted by molar-refractivity contribution is -0.114. The molecule has 0 saturated carbocycles. The highest BCUT2D eigenvalue weighted by atomic mass is 79.9. The summed E-state index contributed by atoms with van der Waals surface area (Å²) >= 11 is 3.21. The van der Waals surface area contributed by atoms with Crippen molar-refractivity contribution in [3.8, 4) is 5.75 Å². The highest BCUT2D eigenvalue weighted by molar-refractivity contribution is 9.10. The van der Waals surface area contributed by atoms with Gasteiger partial charge >= 0.3 is 0 Å². The Morgan fingerprint density at radius 2 is 2.17 bits per heavy atom. The lowest BCUT2D eigenvalue weighted by atomic mass is 10.1. The summed E-state index contributed by atoms with van der Waals surface area (Å²) in [6.07, 6.45) is 0.170. The Morgan fingerprint density at radius 3 is 2.75 bits per heavy atom. The lowest BCUT2D eigenvalue weighted by Gasteiger charge is -2.20. The third-order valence-corrected chi connectivity index (χ3v) is 6.96. The molecule has 0 heterocycles. The van der Waals surface area contributed by atoms with E-state index >= 15 is 0 Å². The van der Waals surface area contributed by atoms with Gasteiger partial charge in [-0.1, -0.05) is 32.8 Å². The summed E-state index contributed by atoms with van der Waals surface area (Å²) in [6.45, 7) is 5.18. The van der Waals surface area contributed by atoms with Crippen molar-refractivity contribution in [1.82, 2.24) is 5.32 Å². The number of hydrogen-bond donors (Lipinski definition) is 4. The van der Waals surface area contributed by atoms with Crippen LogP contribution in [0.5, 0.6) is 5.75 Å². The second-order valence-electron chi connectivity index (χ2n) is 5.63. The van der Waals surface area contributed by atoms with E-state index in [1.807, 2.05) is 0 Å². The topological polar surface area (TPSA) is 108 Å². The molecule has 1 aromatic carbocycles. The molecule has 1 aromatic rings. The summed E-state index contributed by atoms with van der Waals surface area (Å²) in [5, 5.41) is 24.3. The smallest absolute Gasteiger partial charge is 0.269 e. The van der Waals surface area contributed by atoms with Gasteiger partial charge in [0, 0.05) is 30.0 Å². The summed E-state index contributed by atoms with van der Waals surface area (Å²) in [5.74, 6) is 0.425. The zero-order chi connectivity index (χ0) is 18.2. The number of nitrogens with one attached hydrogen (secondary N) is 1. The van der Waals surface area contributed by atoms with Crippen LogP contribution in [0, 0.1) is 0 Å². The van der Waals surface area contributed by atoms with Gasteiger partial charge in [-0.2, -0.15) is 0 Å². The summed E-state index contributed by atoms with van der Waals surface area (Å²) in [7, 11) is 3.32. The molecule has 6 nitrogen and oxygen atoms in total. The molecule has 0 atom stereocenters. The second kappa shape index (κ2) is 10.2. The molecular weight excluding hydrogens is 414 g/mol. The monoisotopic (exact) mass is 435 g/mol. The van der Waals surface area contributed by atoms with Crippen molar-refractivity contribution in [1.29, 1.82) is 0 Å². The molecule has 0 bridgehead atoms. The Hall–Kier alpha value is -0.900. The van der Waals surface area contributed by atoms with E-state index in [4.69, 9.17) is 10.9 Å². The highest BCUT2D eigenvalue weighted by Crippen LogP contribution is 2.34. The first-order valence-electron chi connectivity index (χ1n) is 7.26. The maximum atomic E-state index is 12.0. The average molecular weight is 436 g/mol. The predicted octanol–water partition coefficient (Wildman–Crippen LogP) is 2.76. The number of benzene rings is 1. The lowest BCUT2D eigenvalue weighted by Crippen LogP contribution is -2.34. The Balaban J connectivity index is 2.43. The Morgan fingerprint density at radius 1 is 1.46 bits per heavy atom. The number of nitrogens with two attached hydrogens (primary N) is 1. The van der Waals surface area contributed by atoms with Crippen molar-refractivity contribution >= 4 is 49.1 Å². The fraction of sp³-hybridized carbons (Fsp3) is 0.467. The summed E-state index contributed by atoms with van der Waals surface area (Å²) in [6, 6.07) is 4.86. The molecule has 0 saturated heterocycles. The van der Waals surface area contributed by atoms with Crippen LogP contribution in [0.3, 0.4) is 0 Å². The van der Waals surface area contributed by atoms with Crippen LogP contribution in [-0.2, 0) is 11.2 Å². The minimum Gasteiger partial charge on any atom is -0.507 e. The van der Waals surface area contributed by atoms with Crippen LogP contribution in [0.1, 0.15) is 19.4 Å². The molecule has 0 aromatic heterocycles. The van der Waals surface area contributed by atoms with Crippen LogP contribution in [0.25, 0.3) is 0 Å². The number of oxime groups is 1. The van der Waals surface area contributed by atoms with Gasteiger partial charge in [0.05, 0.1) is 4.47 Å². The van der Waals surface area contributed by atoms with Crippen LogP contribution < -0.4 is 11.1 Å². The van der Waals surface area contributed by atoms with Crippen molar-refractivity contribution in [2.45, 2.75) is 25.0 Å². The third kappa shape index (κ3) is 7.33. The van der Waals surface area contributed by atoms with Gasteiger partial charge in [0.1, 0.15) is 11.5 Å². The Kier molecular flexibility index (Phi) is 8.96. The van der Waals surface area contributed by atoms with Gasteiger partial charge in [-0.25, -0.2) is 0 Å². The zero-order valence-electron chi connectivity index (χ0n) is 13.6. The molecule has 24 heavy (non-hydrogen) atoms. The molecule has 0 spiro atoms. The molecule has 0 aliphatic carbocycles. The van der Waals surface area contributed by atoms with Crippen molar-refractivity contribution in [3.63, 3.8) is 0 Å². The molecular formula is C15H22BrN3O3S2. The maximum Gasteiger partial charge on any atom is 0.269 e. The molecule has 134 valence electrons. The molecule has 5 N–H and O–H groups in total. The number of phenolic OH excluding ortho intramolecular Hbond substituents is 1. The first-order valence-corrected chi connectivity index (χ1v) is 10.4. The number of carbonyl (C=O) groups excluding carboxylic acids is 1. The molecule has 0 fully saturated rings. The number of nitrogens with zero attached hydrogens (tertiary/aromatic N) is 1. The quantitative estimate of drug-likeness (QED) is 0.156. The van der Waals surface area contributed by atoms with E-state index in [-0.39, 0.29) is 22.6 Å². The van der Waals surface area contributed by atoms with E-state index in [0.717, 1.165) is 11.3 Å². The second-order valence-corrected chi connectivity index (χ2v) is 9.61. The third-order valence-electron chi connectivity index (χ3n) is 3.01. The molecule has 0 unspecified atom stereocenters. The molecule has 0 aliphatic heterocycles. The largest absolute Gasteiger partial charge is 0.507 e. The minimum atomic E-state index is -0.412. The Bertz CT molecular complexity index is 597. The fourth-order valence-electron chi connectivity index (χ4n) is 1.56. The van der Waals surface area contributed by atoms with E-state index in [1.165, 1.54) is 6.07 Å². The number of hydrogen-bond acceptors (Lipinski definition) is 7.